The van der Waals surface area contributed by atoms with E-state index in [1.807, 2.05) is 6.92 Å². The molecule has 11 heteroatoms. The van der Waals surface area contributed by atoms with E-state index < -0.39 is 30.3 Å². The molecule has 0 unspecified atom stereocenters. The Morgan fingerprint density at radius 2 is 1.56 bits per heavy atom. The third kappa shape index (κ3) is 9.62. The van der Waals surface area contributed by atoms with Crippen molar-refractivity contribution in [1.29, 1.82) is 0 Å². The predicted octanol–water partition coefficient (Wildman–Crippen LogP) is 7.52. The molecule has 0 saturated heterocycles. The van der Waals surface area contributed by atoms with Crippen LogP contribution in [0.15, 0.2) is 47.4 Å². The van der Waals surface area contributed by atoms with Crippen LogP contribution < -0.4 is 14.9 Å². The third-order valence-electron chi connectivity index (χ3n) is 4.90. The maximum atomic E-state index is 14.5. The smallest absolute Gasteiger partial charge is 0.473 e. The molecule has 1 aromatic heterocycles. The van der Waals surface area contributed by atoms with Gasteiger partial charge in [-0.15, -0.1) is 11.6 Å². The number of halogens is 2. The number of pyridine rings is 1. The van der Waals surface area contributed by atoms with Gasteiger partial charge >= 0.3 is 7.82 Å². The van der Waals surface area contributed by atoms with E-state index in [1.165, 1.54) is 12.1 Å². The molecule has 0 spiro atoms. The van der Waals surface area contributed by atoms with Gasteiger partial charge in [0.05, 0.1) is 41.8 Å². The van der Waals surface area contributed by atoms with E-state index in [0.29, 0.717) is 34.7 Å². The first-order valence-corrected chi connectivity index (χ1v) is 14.5. The molecule has 2 aromatic carbocycles. The number of phosphoric acid groups is 1. The standard InChI is InChI=1S/C20H19ClFNO3.C8H19O4P/c1-3-10-26-17-9-8-16(22)18-19(17)23(12-21)11-15(20(18)24)13-4-6-14(25-2)7-5-13;1-7(2,3)11-13(9,10)12-8(4,5)6/h4-9,11H,3,10,12H2,1-2H3;1-6H3,(H,9,10). The Morgan fingerprint density at radius 1 is 1.00 bits per heavy atom. The molecule has 0 fully saturated rings. The molecule has 8 nitrogen and oxygen atoms in total. The van der Waals surface area contributed by atoms with Crippen molar-refractivity contribution >= 4 is 30.3 Å². The Bertz CT molecular complexity index is 1340. The van der Waals surface area contributed by atoms with Crippen molar-refractivity contribution in [2.75, 3.05) is 13.7 Å². The second-order valence-electron chi connectivity index (χ2n) is 10.7. The second-order valence-corrected chi connectivity index (χ2v) is 12.2. The van der Waals surface area contributed by atoms with E-state index in [9.17, 15) is 18.6 Å². The molecule has 3 aromatic rings. The van der Waals surface area contributed by atoms with Gasteiger partial charge in [-0.2, -0.15) is 0 Å². The first-order valence-electron chi connectivity index (χ1n) is 12.4. The van der Waals surface area contributed by atoms with Crippen LogP contribution in [-0.4, -0.2) is 34.4 Å². The zero-order chi connectivity index (χ0) is 29.6. The summed E-state index contributed by atoms with van der Waals surface area (Å²) < 4.78 is 48.2. The van der Waals surface area contributed by atoms with Gasteiger partial charge < -0.3 is 18.9 Å². The number of alkyl halides is 1. The van der Waals surface area contributed by atoms with Crippen LogP contribution in [0, 0.1) is 5.82 Å². The Morgan fingerprint density at radius 3 is 2.03 bits per heavy atom. The van der Waals surface area contributed by atoms with Gasteiger partial charge in [0, 0.05) is 11.8 Å². The van der Waals surface area contributed by atoms with Crippen LogP contribution >= 0.6 is 19.4 Å². The molecule has 0 saturated carbocycles. The number of hydrogen-bond donors (Lipinski definition) is 1. The molecule has 1 heterocycles. The van der Waals surface area contributed by atoms with E-state index in [0.717, 1.165) is 6.42 Å². The largest absolute Gasteiger partial charge is 0.497 e. The Hall–Kier alpha value is -2.42. The van der Waals surface area contributed by atoms with Crippen molar-refractivity contribution < 1.29 is 32.4 Å². The van der Waals surface area contributed by atoms with Crippen molar-refractivity contribution in [2.24, 2.45) is 0 Å². The summed E-state index contributed by atoms with van der Waals surface area (Å²) in [5.74, 6) is 0.527. The highest BCUT2D eigenvalue weighted by atomic mass is 35.5. The van der Waals surface area contributed by atoms with Crippen LogP contribution in [0.25, 0.3) is 22.0 Å². The van der Waals surface area contributed by atoms with Crippen LogP contribution in [-0.2, 0) is 19.6 Å². The molecule has 39 heavy (non-hydrogen) atoms. The molecule has 0 aliphatic rings. The maximum absolute atomic E-state index is 14.5. The quantitative estimate of drug-likeness (QED) is 0.216. The van der Waals surface area contributed by atoms with Crippen molar-refractivity contribution in [3.05, 3.63) is 58.6 Å². The summed E-state index contributed by atoms with van der Waals surface area (Å²) in [5, 5.41) is -0.0208. The van der Waals surface area contributed by atoms with Gasteiger partial charge in [0.15, 0.2) is 5.43 Å². The van der Waals surface area contributed by atoms with Crippen molar-refractivity contribution in [1.82, 2.24) is 4.57 Å². The van der Waals surface area contributed by atoms with E-state index in [1.54, 1.807) is 83.7 Å². The average molecular weight is 586 g/mol. The molecule has 0 radical (unpaired) electrons. The van der Waals surface area contributed by atoms with Gasteiger partial charge in [-0.3, -0.25) is 13.8 Å². The first-order chi connectivity index (χ1) is 18.0. The highest BCUT2D eigenvalue weighted by Gasteiger charge is 2.33. The van der Waals surface area contributed by atoms with Crippen molar-refractivity contribution in [3.63, 3.8) is 0 Å². The van der Waals surface area contributed by atoms with Crippen LogP contribution in [0.2, 0.25) is 0 Å². The lowest BCUT2D eigenvalue weighted by molar-refractivity contribution is 0.0187. The normalized spacial score (nSPS) is 12.2. The van der Waals surface area contributed by atoms with Crippen LogP contribution in [0.5, 0.6) is 11.5 Å². The number of aromatic nitrogens is 1. The average Bonchev–Trinajstić information content (AvgIpc) is 2.81. The van der Waals surface area contributed by atoms with Crippen molar-refractivity contribution in [2.45, 2.75) is 72.1 Å². The van der Waals surface area contributed by atoms with E-state index in [2.05, 4.69) is 0 Å². The summed E-state index contributed by atoms with van der Waals surface area (Å²) in [6, 6.07) is 9.87. The number of hydrogen-bond acceptors (Lipinski definition) is 6. The lowest BCUT2D eigenvalue weighted by Crippen LogP contribution is -2.23. The third-order valence-corrected chi connectivity index (χ3v) is 6.72. The number of phosphoric ester groups is 1. The summed E-state index contributed by atoms with van der Waals surface area (Å²) in [6.45, 7) is 12.6. The van der Waals surface area contributed by atoms with Crippen LogP contribution in [0.1, 0.15) is 54.9 Å². The minimum atomic E-state index is -3.94. The number of methoxy groups -OCH3 is 1. The molecular formula is C28H38ClFNO7P. The van der Waals surface area contributed by atoms with E-state index >= 15 is 0 Å². The molecule has 0 amide bonds. The highest BCUT2D eigenvalue weighted by molar-refractivity contribution is 7.47. The van der Waals surface area contributed by atoms with Gasteiger partial charge in [0.2, 0.25) is 0 Å². The molecular weight excluding hydrogens is 548 g/mol. The lowest BCUT2D eigenvalue weighted by Gasteiger charge is -2.27. The van der Waals surface area contributed by atoms with Crippen LogP contribution in [0.3, 0.4) is 0 Å². The van der Waals surface area contributed by atoms with E-state index in [-0.39, 0.29) is 11.4 Å². The lowest BCUT2D eigenvalue weighted by atomic mass is 10.0. The highest BCUT2D eigenvalue weighted by Crippen LogP contribution is 2.50. The Labute approximate surface area is 234 Å². The second kappa shape index (κ2) is 13.3. The summed E-state index contributed by atoms with van der Waals surface area (Å²) in [5.41, 5.74) is -0.365. The first kappa shape index (κ1) is 32.8. The summed E-state index contributed by atoms with van der Waals surface area (Å²) in [4.78, 5) is 22.3. The molecule has 0 bridgehead atoms. The molecule has 0 atom stereocenters. The number of rotatable bonds is 8. The van der Waals surface area contributed by atoms with Gasteiger partial charge in [0.25, 0.3) is 0 Å². The zero-order valence-corrected chi connectivity index (χ0v) is 25.4. The number of ether oxygens (including phenoxy) is 2. The summed E-state index contributed by atoms with van der Waals surface area (Å²) >= 11 is 6.09. The summed E-state index contributed by atoms with van der Waals surface area (Å²) in [6.07, 6.45) is 2.44. The van der Waals surface area contributed by atoms with Crippen LogP contribution in [0.4, 0.5) is 4.39 Å². The number of nitrogens with zero attached hydrogens (tertiary/aromatic N) is 1. The van der Waals surface area contributed by atoms with Gasteiger partial charge in [-0.1, -0.05) is 19.1 Å². The minimum Gasteiger partial charge on any atom is -0.497 e. The van der Waals surface area contributed by atoms with Gasteiger partial charge in [0.1, 0.15) is 17.3 Å². The molecule has 0 aliphatic heterocycles. The monoisotopic (exact) mass is 585 g/mol. The van der Waals surface area contributed by atoms with Crippen molar-refractivity contribution in [3.8, 4) is 22.6 Å². The van der Waals surface area contributed by atoms with Gasteiger partial charge in [-0.25, -0.2) is 8.96 Å². The number of fused-ring (bicyclic) bond motifs is 1. The fourth-order valence-corrected chi connectivity index (χ4v) is 5.18. The fourth-order valence-electron chi connectivity index (χ4n) is 3.57. The fraction of sp³-hybridized carbons (Fsp3) is 0.464. The SMILES string of the molecule is CC(C)(C)OP(=O)(O)OC(C)(C)C.CCCOc1ccc(F)c2c(=O)c(-c3ccc(OC)cc3)cn(CCl)c12. The minimum absolute atomic E-state index is 0.0208. The molecule has 0 aliphatic carbocycles. The molecule has 1 N–H and O–H groups in total. The molecule has 216 valence electrons. The zero-order valence-electron chi connectivity index (χ0n) is 23.7. The maximum Gasteiger partial charge on any atom is 0.473 e. The molecule has 3 rings (SSSR count). The van der Waals surface area contributed by atoms with E-state index in [4.69, 9.17) is 30.1 Å². The topological polar surface area (TPSA) is 96.2 Å². The Balaban J connectivity index is 0.000000349. The summed E-state index contributed by atoms with van der Waals surface area (Å²) in [7, 11) is -2.37. The predicted molar refractivity (Wildman–Crippen MR) is 153 cm³/mol. The Kier molecular flexibility index (Phi) is 11.2. The van der Waals surface area contributed by atoms with Gasteiger partial charge in [-0.05, 0) is 77.8 Å². The number of benzene rings is 2.